The Hall–Kier alpha value is -0.0800. The predicted molar refractivity (Wildman–Crippen MR) is 71.8 cm³/mol. The molecule has 1 rings (SSSR count). The van der Waals surface area contributed by atoms with E-state index in [1.807, 2.05) is 0 Å². The maximum absolute atomic E-state index is 3.53. The first-order valence-electron chi connectivity index (χ1n) is 6.98. The van der Waals surface area contributed by atoms with Crippen LogP contribution in [0.2, 0.25) is 0 Å². The van der Waals surface area contributed by atoms with Gasteiger partial charge in [-0.3, -0.25) is 4.90 Å². The van der Waals surface area contributed by atoms with Gasteiger partial charge in [0.15, 0.2) is 0 Å². The highest BCUT2D eigenvalue weighted by Crippen LogP contribution is 2.35. The first-order valence-corrected chi connectivity index (χ1v) is 6.98. The molecule has 0 heterocycles. The topological polar surface area (TPSA) is 15.3 Å². The van der Waals surface area contributed by atoms with E-state index in [0.29, 0.717) is 6.04 Å². The third-order valence-electron chi connectivity index (χ3n) is 4.34. The lowest BCUT2D eigenvalue weighted by atomic mass is 9.88. The zero-order valence-electron chi connectivity index (χ0n) is 11.8. The van der Waals surface area contributed by atoms with Crippen molar-refractivity contribution in [1.29, 1.82) is 0 Å². The summed E-state index contributed by atoms with van der Waals surface area (Å²) in [5, 5.41) is 3.53. The molecule has 1 atom stereocenters. The fraction of sp³-hybridized carbons (Fsp3) is 1.00. The molecule has 1 unspecified atom stereocenters. The van der Waals surface area contributed by atoms with Crippen LogP contribution in [-0.2, 0) is 0 Å². The van der Waals surface area contributed by atoms with Gasteiger partial charge in [0.05, 0.1) is 0 Å². The van der Waals surface area contributed by atoms with Gasteiger partial charge in [0.1, 0.15) is 0 Å². The summed E-state index contributed by atoms with van der Waals surface area (Å²) in [7, 11) is 2.11. The lowest BCUT2D eigenvalue weighted by Gasteiger charge is -2.43. The van der Waals surface area contributed by atoms with E-state index in [1.54, 1.807) is 0 Å². The van der Waals surface area contributed by atoms with Crippen LogP contribution in [0, 0.1) is 5.92 Å². The molecule has 2 heteroatoms. The van der Waals surface area contributed by atoms with Gasteiger partial charge >= 0.3 is 0 Å². The Kier molecular flexibility index (Phi) is 5.26. The molecule has 0 radical (unpaired) electrons. The van der Waals surface area contributed by atoms with Crippen molar-refractivity contribution >= 4 is 0 Å². The predicted octanol–water partition coefficient (Wildman–Crippen LogP) is 2.89. The lowest BCUT2D eigenvalue weighted by molar-refractivity contribution is 0.0892. The van der Waals surface area contributed by atoms with Gasteiger partial charge in [0, 0.05) is 11.6 Å². The van der Waals surface area contributed by atoms with Crippen LogP contribution in [0.15, 0.2) is 0 Å². The number of hydrogen-bond donors (Lipinski definition) is 1. The van der Waals surface area contributed by atoms with Crippen LogP contribution in [0.25, 0.3) is 0 Å². The van der Waals surface area contributed by atoms with Crippen LogP contribution in [0.3, 0.4) is 0 Å². The minimum atomic E-state index is 0.271. The molecule has 1 saturated carbocycles. The van der Waals surface area contributed by atoms with E-state index in [0.717, 1.165) is 19.0 Å². The monoisotopic (exact) mass is 226 g/mol. The van der Waals surface area contributed by atoms with Gasteiger partial charge in [0.2, 0.25) is 0 Å². The van der Waals surface area contributed by atoms with Crippen molar-refractivity contribution in [3.05, 3.63) is 0 Å². The molecule has 1 fully saturated rings. The highest BCUT2D eigenvalue weighted by Gasteiger charge is 2.34. The molecule has 0 aromatic heterocycles. The van der Waals surface area contributed by atoms with Crippen molar-refractivity contribution < 1.29 is 0 Å². The Bertz CT molecular complexity index is 193. The van der Waals surface area contributed by atoms with Crippen LogP contribution in [0.5, 0.6) is 0 Å². The summed E-state index contributed by atoms with van der Waals surface area (Å²) in [6.07, 6.45) is 5.69. The van der Waals surface area contributed by atoms with Crippen molar-refractivity contribution in [3.8, 4) is 0 Å². The normalized spacial score (nSPS) is 19.1. The zero-order valence-corrected chi connectivity index (χ0v) is 11.8. The lowest BCUT2D eigenvalue weighted by Crippen LogP contribution is -2.56. The SMILES string of the molecule is CCN(CC)C(C)(C)C(CCC1CC1)NC. The standard InChI is InChI=1S/C14H30N2/c1-6-16(7-2)14(3,4)13(15-5)11-10-12-8-9-12/h12-13,15H,6-11H2,1-5H3. The summed E-state index contributed by atoms with van der Waals surface area (Å²) in [6, 6.07) is 0.619. The first-order chi connectivity index (χ1) is 7.56. The van der Waals surface area contributed by atoms with Crippen LogP contribution in [0.4, 0.5) is 0 Å². The van der Waals surface area contributed by atoms with E-state index >= 15 is 0 Å². The van der Waals surface area contributed by atoms with Gasteiger partial charge in [-0.25, -0.2) is 0 Å². The van der Waals surface area contributed by atoms with E-state index in [9.17, 15) is 0 Å². The van der Waals surface area contributed by atoms with E-state index in [4.69, 9.17) is 0 Å². The van der Waals surface area contributed by atoms with E-state index < -0.39 is 0 Å². The number of rotatable bonds is 8. The summed E-state index contributed by atoms with van der Waals surface area (Å²) in [5.41, 5.74) is 0.271. The van der Waals surface area contributed by atoms with Crippen molar-refractivity contribution in [1.82, 2.24) is 10.2 Å². The Morgan fingerprint density at radius 1 is 1.25 bits per heavy atom. The molecule has 1 aliphatic rings. The quantitative estimate of drug-likeness (QED) is 0.684. The Morgan fingerprint density at radius 3 is 2.19 bits per heavy atom. The fourth-order valence-corrected chi connectivity index (χ4v) is 2.92. The van der Waals surface area contributed by atoms with Crippen molar-refractivity contribution in [2.24, 2.45) is 5.92 Å². The van der Waals surface area contributed by atoms with Crippen molar-refractivity contribution in [2.75, 3.05) is 20.1 Å². The molecule has 2 nitrogen and oxygen atoms in total. The number of nitrogens with one attached hydrogen (secondary N) is 1. The molecule has 0 spiro atoms. The van der Waals surface area contributed by atoms with Crippen LogP contribution < -0.4 is 5.32 Å². The summed E-state index contributed by atoms with van der Waals surface area (Å²) in [4.78, 5) is 2.57. The molecule has 0 bridgehead atoms. The molecule has 16 heavy (non-hydrogen) atoms. The Morgan fingerprint density at radius 2 is 1.81 bits per heavy atom. The minimum Gasteiger partial charge on any atom is -0.315 e. The van der Waals surface area contributed by atoms with Gasteiger partial charge < -0.3 is 5.32 Å². The molecular weight excluding hydrogens is 196 g/mol. The fourth-order valence-electron chi connectivity index (χ4n) is 2.92. The highest BCUT2D eigenvalue weighted by atomic mass is 15.2. The van der Waals surface area contributed by atoms with Gasteiger partial charge in [-0.05, 0) is 52.7 Å². The Labute approximate surface area is 102 Å². The molecule has 0 aliphatic heterocycles. The summed E-state index contributed by atoms with van der Waals surface area (Å²) in [5.74, 6) is 1.04. The van der Waals surface area contributed by atoms with Crippen LogP contribution in [0.1, 0.15) is 53.4 Å². The average Bonchev–Trinajstić information content (AvgIpc) is 3.03. The van der Waals surface area contributed by atoms with E-state index in [1.165, 1.54) is 25.7 Å². The van der Waals surface area contributed by atoms with E-state index in [2.05, 4.69) is 45.0 Å². The number of nitrogens with zero attached hydrogens (tertiary/aromatic N) is 1. The minimum absolute atomic E-state index is 0.271. The maximum Gasteiger partial charge on any atom is 0.0305 e. The molecule has 0 aromatic rings. The van der Waals surface area contributed by atoms with E-state index in [-0.39, 0.29) is 5.54 Å². The second-order valence-electron chi connectivity index (χ2n) is 5.69. The first kappa shape index (κ1) is 14.0. The maximum atomic E-state index is 3.53. The summed E-state index contributed by atoms with van der Waals surface area (Å²) < 4.78 is 0. The number of hydrogen-bond acceptors (Lipinski definition) is 2. The smallest absolute Gasteiger partial charge is 0.0305 e. The number of likely N-dealkylation sites (N-methyl/N-ethyl adjacent to an activating group) is 2. The molecule has 0 amide bonds. The summed E-state index contributed by atoms with van der Waals surface area (Å²) in [6.45, 7) is 11.6. The molecule has 96 valence electrons. The van der Waals surface area contributed by atoms with Crippen LogP contribution >= 0.6 is 0 Å². The molecule has 0 saturated heterocycles. The van der Waals surface area contributed by atoms with Gasteiger partial charge in [0.25, 0.3) is 0 Å². The highest BCUT2D eigenvalue weighted by molar-refractivity contribution is 4.93. The van der Waals surface area contributed by atoms with Gasteiger partial charge in [-0.2, -0.15) is 0 Å². The second kappa shape index (κ2) is 6.02. The van der Waals surface area contributed by atoms with Crippen molar-refractivity contribution in [2.45, 2.75) is 65.0 Å². The van der Waals surface area contributed by atoms with Crippen LogP contribution in [-0.4, -0.2) is 36.6 Å². The second-order valence-corrected chi connectivity index (χ2v) is 5.69. The van der Waals surface area contributed by atoms with Gasteiger partial charge in [-0.1, -0.05) is 26.7 Å². The molecular formula is C14H30N2. The largest absolute Gasteiger partial charge is 0.315 e. The van der Waals surface area contributed by atoms with Crippen molar-refractivity contribution in [3.63, 3.8) is 0 Å². The Balaban J connectivity index is 2.51. The average molecular weight is 226 g/mol. The molecule has 1 N–H and O–H groups in total. The molecule has 1 aliphatic carbocycles. The third-order valence-corrected chi connectivity index (χ3v) is 4.34. The zero-order chi connectivity index (χ0) is 12.2. The summed E-state index contributed by atoms with van der Waals surface area (Å²) >= 11 is 0. The molecule has 0 aromatic carbocycles. The third kappa shape index (κ3) is 3.46. The van der Waals surface area contributed by atoms with Gasteiger partial charge in [-0.15, -0.1) is 0 Å².